The number of hydrogen-bond acceptors (Lipinski definition) is 1. The molecule has 14 heavy (non-hydrogen) atoms. The summed E-state index contributed by atoms with van der Waals surface area (Å²) >= 11 is 0. The van der Waals surface area contributed by atoms with E-state index in [0.29, 0.717) is 5.92 Å². The van der Waals surface area contributed by atoms with Crippen molar-refractivity contribution in [3.05, 3.63) is 24.4 Å². The molecule has 0 aromatic heterocycles. The summed E-state index contributed by atoms with van der Waals surface area (Å²) in [5.74, 6) is 0.653. The number of hydrogen-bond donors (Lipinski definition) is 1. The fraction of sp³-hybridized carbons (Fsp3) is 0.692. The van der Waals surface area contributed by atoms with E-state index < -0.39 is 0 Å². The molecule has 0 amide bonds. The number of nitrogens with one attached hydrogen (secondary N) is 1. The zero-order valence-corrected chi connectivity index (χ0v) is 9.55. The minimum atomic E-state index is 0.653. The van der Waals surface area contributed by atoms with E-state index in [4.69, 9.17) is 0 Å². The fourth-order valence-electron chi connectivity index (χ4n) is 1.53. The molecule has 0 aromatic carbocycles. The Morgan fingerprint density at radius 1 is 1.50 bits per heavy atom. The monoisotopic (exact) mass is 193 g/mol. The molecule has 1 saturated carbocycles. The molecule has 0 radical (unpaired) electrons. The van der Waals surface area contributed by atoms with Gasteiger partial charge in [-0.3, -0.25) is 0 Å². The molecule has 0 saturated heterocycles. The lowest BCUT2D eigenvalue weighted by Crippen LogP contribution is -2.16. The van der Waals surface area contributed by atoms with E-state index in [-0.39, 0.29) is 0 Å². The van der Waals surface area contributed by atoms with Crippen LogP contribution in [0.4, 0.5) is 0 Å². The normalized spacial score (nSPS) is 17.2. The first-order valence-electron chi connectivity index (χ1n) is 5.80. The Hall–Kier alpha value is -0.720. The molecule has 1 fully saturated rings. The van der Waals surface area contributed by atoms with Crippen LogP contribution in [0.25, 0.3) is 0 Å². The highest BCUT2D eigenvalue weighted by Gasteiger charge is 2.21. The zero-order valence-electron chi connectivity index (χ0n) is 9.55. The quantitative estimate of drug-likeness (QED) is 0.481. The third kappa shape index (κ3) is 5.11. The van der Waals surface area contributed by atoms with Gasteiger partial charge in [0, 0.05) is 11.7 Å². The Balaban J connectivity index is 2.30. The van der Waals surface area contributed by atoms with Gasteiger partial charge in [0.05, 0.1) is 0 Å². The summed E-state index contributed by atoms with van der Waals surface area (Å²) in [6, 6.07) is 0.781. The van der Waals surface area contributed by atoms with E-state index in [1.807, 2.05) is 6.08 Å². The van der Waals surface area contributed by atoms with Gasteiger partial charge in [0.1, 0.15) is 0 Å². The topological polar surface area (TPSA) is 12.0 Å². The minimum absolute atomic E-state index is 0.653. The van der Waals surface area contributed by atoms with E-state index in [2.05, 4.69) is 31.8 Å². The van der Waals surface area contributed by atoms with Crippen molar-refractivity contribution in [1.29, 1.82) is 0 Å². The summed E-state index contributed by atoms with van der Waals surface area (Å²) in [4.78, 5) is 0. The Morgan fingerprint density at radius 3 is 2.71 bits per heavy atom. The molecule has 0 unspecified atom stereocenters. The highest BCUT2D eigenvalue weighted by atomic mass is 15.0. The molecule has 0 heterocycles. The van der Waals surface area contributed by atoms with Crippen molar-refractivity contribution >= 4 is 0 Å². The van der Waals surface area contributed by atoms with Gasteiger partial charge in [-0.15, -0.1) is 6.58 Å². The van der Waals surface area contributed by atoms with Gasteiger partial charge in [-0.05, 0) is 38.0 Å². The lowest BCUT2D eigenvalue weighted by Gasteiger charge is -2.11. The molecule has 1 aliphatic carbocycles. The second-order valence-electron chi connectivity index (χ2n) is 4.54. The van der Waals surface area contributed by atoms with Crippen LogP contribution in [0.1, 0.15) is 46.0 Å². The zero-order chi connectivity index (χ0) is 10.4. The van der Waals surface area contributed by atoms with Crippen molar-refractivity contribution in [1.82, 2.24) is 5.32 Å². The highest BCUT2D eigenvalue weighted by molar-refractivity contribution is 5.05. The van der Waals surface area contributed by atoms with Crippen LogP contribution in [0, 0.1) is 5.92 Å². The van der Waals surface area contributed by atoms with Crippen LogP contribution in [0.5, 0.6) is 0 Å². The maximum Gasteiger partial charge on any atom is 0.0259 e. The van der Waals surface area contributed by atoms with Crippen LogP contribution in [-0.2, 0) is 0 Å². The maximum absolute atomic E-state index is 3.75. The van der Waals surface area contributed by atoms with Crippen molar-refractivity contribution in [2.75, 3.05) is 0 Å². The van der Waals surface area contributed by atoms with E-state index in [0.717, 1.165) is 12.5 Å². The van der Waals surface area contributed by atoms with E-state index in [1.165, 1.54) is 31.4 Å². The third-order valence-corrected chi connectivity index (χ3v) is 2.36. The lowest BCUT2D eigenvalue weighted by molar-refractivity contribution is 0.687. The molecule has 1 aliphatic rings. The fourth-order valence-corrected chi connectivity index (χ4v) is 1.53. The largest absolute Gasteiger partial charge is 0.386 e. The number of rotatable bonds is 7. The van der Waals surface area contributed by atoms with Gasteiger partial charge in [0.25, 0.3) is 0 Å². The van der Waals surface area contributed by atoms with Crippen molar-refractivity contribution in [2.45, 2.75) is 52.0 Å². The summed E-state index contributed by atoms with van der Waals surface area (Å²) in [6.45, 7) is 8.23. The molecule has 0 bridgehead atoms. The second-order valence-corrected chi connectivity index (χ2v) is 4.54. The number of allylic oxidation sites excluding steroid dienone is 3. The minimum Gasteiger partial charge on any atom is -0.386 e. The maximum atomic E-state index is 3.75. The van der Waals surface area contributed by atoms with E-state index >= 15 is 0 Å². The van der Waals surface area contributed by atoms with Gasteiger partial charge in [0.15, 0.2) is 0 Å². The molecular formula is C13H23N. The van der Waals surface area contributed by atoms with Gasteiger partial charge >= 0.3 is 0 Å². The first-order valence-corrected chi connectivity index (χ1v) is 5.80. The van der Waals surface area contributed by atoms with Crippen molar-refractivity contribution < 1.29 is 0 Å². The summed E-state index contributed by atoms with van der Waals surface area (Å²) < 4.78 is 0. The molecule has 1 N–H and O–H groups in total. The standard InChI is InChI=1S/C13H23N/c1-4-5-6-7-13(10-11(2)3)14-12-8-9-12/h4,10-12,14H,1,5-9H2,2-3H3/b13-10-. The van der Waals surface area contributed by atoms with Crippen LogP contribution in [0.15, 0.2) is 24.4 Å². The lowest BCUT2D eigenvalue weighted by atomic mass is 10.1. The van der Waals surface area contributed by atoms with Crippen LogP contribution in [0.3, 0.4) is 0 Å². The molecule has 0 aromatic rings. The molecular weight excluding hydrogens is 170 g/mol. The summed E-state index contributed by atoms with van der Waals surface area (Å²) in [6.07, 6.45) is 10.6. The van der Waals surface area contributed by atoms with Gasteiger partial charge in [0.2, 0.25) is 0 Å². The molecule has 0 atom stereocenters. The molecule has 1 rings (SSSR count). The number of unbranched alkanes of at least 4 members (excludes halogenated alkanes) is 1. The molecule has 1 heteroatoms. The Bertz CT molecular complexity index is 199. The van der Waals surface area contributed by atoms with Gasteiger partial charge in [-0.1, -0.05) is 26.0 Å². The van der Waals surface area contributed by atoms with Crippen molar-refractivity contribution in [2.24, 2.45) is 5.92 Å². The molecule has 1 nitrogen and oxygen atoms in total. The first kappa shape index (κ1) is 11.4. The average Bonchev–Trinajstić information content (AvgIpc) is 2.87. The van der Waals surface area contributed by atoms with Gasteiger partial charge < -0.3 is 5.32 Å². The van der Waals surface area contributed by atoms with Crippen LogP contribution in [-0.4, -0.2) is 6.04 Å². The summed E-state index contributed by atoms with van der Waals surface area (Å²) in [5.41, 5.74) is 1.45. The Labute approximate surface area is 88.3 Å². The molecule has 0 aliphatic heterocycles. The second kappa shape index (κ2) is 5.90. The SMILES string of the molecule is C=CCCC/C(=C/C(C)C)NC1CC1. The van der Waals surface area contributed by atoms with Crippen LogP contribution >= 0.6 is 0 Å². The van der Waals surface area contributed by atoms with Gasteiger partial charge in [-0.25, -0.2) is 0 Å². The van der Waals surface area contributed by atoms with Gasteiger partial charge in [-0.2, -0.15) is 0 Å². The summed E-state index contributed by atoms with van der Waals surface area (Å²) in [5, 5.41) is 3.61. The van der Waals surface area contributed by atoms with Crippen LogP contribution < -0.4 is 5.32 Å². The molecule has 80 valence electrons. The van der Waals surface area contributed by atoms with Crippen LogP contribution in [0.2, 0.25) is 0 Å². The van der Waals surface area contributed by atoms with Crippen molar-refractivity contribution in [3.8, 4) is 0 Å². The Morgan fingerprint density at radius 2 is 2.21 bits per heavy atom. The predicted octanol–water partition coefficient (Wildman–Crippen LogP) is 3.63. The molecule has 0 spiro atoms. The van der Waals surface area contributed by atoms with Crippen molar-refractivity contribution in [3.63, 3.8) is 0 Å². The van der Waals surface area contributed by atoms with E-state index in [1.54, 1.807) is 0 Å². The predicted molar refractivity (Wildman–Crippen MR) is 63.1 cm³/mol. The smallest absolute Gasteiger partial charge is 0.0259 e. The third-order valence-electron chi connectivity index (χ3n) is 2.36. The Kier molecular flexibility index (Phi) is 4.78. The average molecular weight is 193 g/mol. The van der Waals surface area contributed by atoms with E-state index in [9.17, 15) is 0 Å². The first-order chi connectivity index (χ1) is 6.72. The summed E-state index contributed by atoms with van der Waals surface area (Å²) in [7, 11) is 0. The highest BCUT2D eigenvalue weighted by Crippen LogP contribution is 2.22.